The van der Waals surface area contributed by atoms with Crippen LogP contribution in [-0.4, -0.2) is 10.9 Å². The molecule has 3 rings (SSSR count). The molecule has 0 bridgehead atoms. The van der Waals surface area contributed by atoms with E-state index in [1.807, 2.05) is 0 Å². The van der Waals surface area contributed by atoms with Gasteiger partial charge in [-0.3, -0.25) is 4.79 Å². The summed E-state index contributed by atoms with van der Waals surface area (Å²) >= 11 is 0.521. The summed E-state index contributed by atoms with van der Waals surface area (Å²) < 4.78 is 92.1. The number of alkyl halides is 6. The molecule has 1 aliphatic rings. The zero-order chi connectivity index (χ0) is 23.0. The molecular weight excluding hydrogens is 449 g/mol. The molecule has 2 atom stereocenters. The molecule has 1 heterocycles. The SMILES string of the molecule is CC(NC(=O)c1sc(C2C=CC(F)=CC2)nc1C(F)(F)F)c1cccc(C(F)(F)F)c1. The predicted molar refractivity (Wildman–Crippen MR) is 100 cm³/mol. The van der Waals surface area contributed by atoms with Crippen molar-refractivity contribution in [1.29, 1.82) is 0 Å². The van der Waals surface area contributed by atoms with E-state index in [2.05, 4.69) is 10.3 Å². The first-order chi connectivity index (χ1) is 14.4. The number of amides is 1. The first-order valence-corrected chi connectivity index (χ1v) is 9.77. The lowest BCUT2D eigenvalue weighted by atomic mass is 10.0. The van der Waals surface area contributed by atoms with E-state index in [4.69, 9.17) is 0 Å². The van der Waals surface area contributed by atoms with Crippen molar-refractivity contribution in [2.24, 2.45) is 0 Å². The number of hydrogen-bond acceptors (Lipinski definition) is 3. The molecule has 11 heteroatoms. The molecule has 1 aromatic heterocycles. The average Bonchev–Trinajstić information content (AvgIpc) is 3.14. The van der Waals surface area contributed by atoms with Gasteiger partial charge in [-0.2, -0.15) is 26.3 Å². The van der Waals surface area contributed by atoms with Gasteiger partial charge in [-0.15, -0.1) is 11.3 Å². The second kappa shape index (κ2) is 8.45. The Hall–Kier alpha value is -2.69. The van der Waals surface area contributed by atoms with Crippen LogP contribution >= 0.6 is 11.3 Å². The molecule has 0 aliphatic heterocycles. The van der Waals surface area contributed by atoms with Crippen molar-refractivity contribution in [1.82, 2.24) is 10.3 Å². The number of carbonyl (C=O) groups excluding carboxylic acids is 1. The molecule has 31 heavy (non-hydrogen) atoms. The summed E-state index contributed by atoms with van der Waals surface area (Å²) in [5.41, 5.74) is -2.24. The van der Waals surface area contributed by atoms with E-state index >= 15 is 0 Å². The Balaban J connectivity index is 1.86. The number of aromatic nitrogens is 1. The van der Waals surface area contributed by atoms with Crippen LogP contribution in [0.5, 0.6) is 0 Å². The van der Waals surface area contributed by atoms with Crippen LogP contribution in [0.3, 0.4) is 0 Å². The maximum Gasteiger partial charge on any atom is 0.435 e. The lowest BCUT2D eigenvalue weighted by Crippen LogP contribution is -2.28. The standard InChI is InChI=1S/C20H15F7N2OS/c1-10(12-3-2-4-13(9-12)19(22,23)24)28-17(30)15-16(20(25,26)27)29-18(31-15)11-5-7-14(21)8-6-11/h2-5,7-11H,6H2,1H3,(H,28,30). The lowest BCUT2D eigenvalue weighted by Gasteiger charge is -2.16. The van der Waals surface area contributed by atoms with E-state index in [9.17, 15) is 35.5 Å². The van der Waals surface area contributed by atoms with Gasteiger partial charge < -0.3 is 5.32 Å². The first-order valence-electron chi connectivity index (χ1n) is 8.96. The monoisotopic (exact) mass is 464 g/mol. The van der Waals surface area contributed by atoms with Crippen molar-refractivity contribution in [2.45, 2.75) is 37.7 Å². The number of allylic oxidation sites excluding steroid dienone is 4. The molecule has 1 N–H and O–H groups in total. The number of benzene rings is 1. The molecule has 1 aromatic carbocycles. The number of hydrogen-bond donors (Lipinski definition) is 1. The van der Waals surface area contributed by atoms with Crippen LogP contribution in [0, 0.1) is 0 Å². The summed E-state index contributed by atoms with van der Waals surface area (Å²) in [6.45, 7) is 1.36. The van der Waals surface area contributed by atoms with E-state index in [-0.39, 0.29) is 17.0 Å². The first kappa shape index (κ1) is 23.0. The molecule has 0 saturated heterocycles. The van der Waals surface area contributed by atoms with Gasteiger partial charge in [0.1, 0.15) is 15.7 Å². The van der Waals surface area contributed by atoms with E-state index in [0.29, 0.717) is 11.3 Å². The summed E-state index contributed by atoms with van der Waals surface area (Å²) in [5, 5.41) is 2.29. The predicted octanol–water partition coefficient (Wildman–Crippen LogP) is 6.57. The van der Waals surface area contributed by atoms with Gasteiger partial charge in [0.15, 0.2) is 5.69 Å². The van der Waals surface area contributed by atoms with Crippen LogP contribution in [0.4, 0.5) is 30.7 Å². The highest BCUT2D eigenvalue weighted by atomic mass is 32.1. The fraction of sp³-hybridized carbons (Fsp3) is 0.300. The smallest absolute Gasteiger partial charge is 0.345 e. The zero-order valence-electron chi connectivity index (χ0n) is 15.8. The molecule has 0 fully saturated rings. The maximum absolute atomic E-state index is 13.4. The van der Waals surface area contributed by atoms with Gasteiger partial charge in [-0.1, -0.05) is 18.2 Å². The summed E-state index contributed by atoms with van der Waals surface area (Å²) in [7, 11) is 0. The molecule has 2 aromatic rings. The Kier molecular flexibility index (Phi) is 6.26. The highest BCUT2D eigenvalue weighted by Crippen LogP contribution is 2.39. The van der Waals surface area contributed by atoms with Gasteiger partial charge in [0, 0.05) is 5.92 Å². The molecule has 1 amide bonds. The maximum atomic E-state index is 13.4. The topological polar surface area (TPSA) is 42.0 Å². The van der Waals surface area contributed by atoms with E-state index < -0.39 is 52.2 Å². The number of halogens is 7. The number of nitrogens with zero attached hydrogens (tertiary/aromatic N) is 1. The van der Waals surface area contributed by atoms with Crippen LogP contribution < -0.4 is 5.32 Å². The average molecular weight is 464 g/mol. The molecule has 3 nitrogen and oxygen atoms in total. The third-order valence-electron chi connectivity index (χ3n) is 4.55. The number of rotatable bonds is 4. The van der Waals surface area contributed by atoms with Gasteiger partial charge in [-0.05, 0) is 43.2 Å². The molecule has 2 unspecified atom stereocenters. The van der Waals surface area contributed by atoms with Crippen LogP contribution in [-0.2, 0) is 12.4 Å². The highest BCUT2D eigenvalue weighted by Gasteiger charge is 2.40. The molecule has 0 saturated carbocycles. The number of nitrogens with one attached hydrogen (secondary N) is 1. The minimum absolute atomic E-state index is 0.0100. The highest BCUT2D eigenvalue weighted by molar-refractivity contribution is 7.14. The van der Waals surface area contributed by atoms with Crippen LogP contribution in [0.1, 0.15) is 56.8 Å². The summed E-state index contributed by atoms with van der Waals surface area (Å²) in [4.78, 5) is 15.4. The van der Waals surface area contributed by atoms with Crippen LogP contribution in [0.2, 0.25) is 0 Å². The Morgan fingerprint density at radius 3 is 2.48 bits per heavy atom. The second-order valence-corrected chi connectivity index (χ2v) is 7.87. The molecule has 0 radical (unpaired) electrons. The van der Waals surface area contributed by atoms with Crippen molar-refractivity contribution >= 4 is 17.2 Å². The number of thiazole rings is 1. The second-order valence-electron chi connectivity index (χ2n) is 6.84. The van der Waals surface area contributed by atoms with Gasteiger partial charge in [-0.25, -0.2) is 9.37 Å². The third kappa shape index (κ3) is 5.33. The Morgan fingerprint density at radius 2 is 1.90 bits per heavy atom. The minimum Gasteiger partial charge on any atom is -0.345 e. The summed E-state index contributed by atoms with van der Waals surface area (Å²) in [6.07, 6.45) is -5.75. The van der Waals surface area contributed by atoms with Crippen molar-refractivity contribution in [3.8, 4) is 0 Å². The summed E-state index contributed by atoms with van der Waals surface area (Å²) in [5.74, 6) is -2.24. The van der Waals surface area contributed by atoms with Crippen molar-refractivity contribution in [3.05, 3.63) is 75.0 Å². The van der Waals surface area contributed by atoms with E-state index in [1.165, 1.54) is 25.1 Å². The Labute approximate surface area is 176 Å². The fourth-order valence-electron chi connectivity index (χ4n) is 2.95. The molecular formula is C20H15F7N2OS. The van der Waals surface area contributed by atoms with Crippen molar-refractivity contribution < 1.29 is 35.5 Å². The van der Waals surface area contributed by atoms with Gasteiger partial charge >= 0.3 is 12.4 Å². The van der Waals surface area contributed by atoms with E-state index in [0.717, 1.165) is 24.3 Å². The zero-order valence-corrected chi connectivity index (χ0v) is 16.6. The van der Waals surface area contributed by atoms with E-state index in [1.54, 1.807) is 0 Å². The Bertz CT molecular complexity index is 1040. The third-order valence-corrected chi connectivity index (χ3v) is 5.74. The molecule has 166 valence electrons. The summed E-state index contributed by atoms with van der Waals surface area (Å²) in [6, 6.07) is 3.16. The number of carbonyl (C=O) groups is 1. The quantitative estimate of drug-likeness (QED) is 0.520. The fourth-order valence-corrected chi connectivity index (χ4v) is 4.03. The molecule has 0 spiro atoms. The van der Waals surface area contributed by atoms with Gasteiger partial charge in [0.05, 0.1) is 11.6 Å². The minimum atomic E-state index is -4.92. The Morgan fingerprint density at radius 1 is 1.19 bits per heavy atom. The molecule has 1 aliphatic carbocycles. The van der Waals surface area contributed by atoms with Crippen molar-refractivity contribution in [2.75, 3.05) is 0 Å². The van der Waals surface area contributed by atoms with Crippen LogP contribution in [0.25, 0.3) is 0 Å². The van der Waals surface area contributed by atoms with Crippen molar-refractivity contribution in [3.63, 3.8) is 0 Å². The largest absolute Gasteiger partial charge is 0.435 e. The van der Waals surface area contributed by atoms with Gasteiger partial charge in [0.25, 0.3) is 5.91 Å². The lowest BCUT2D eigenvalue weighted by molar-refractivity contribution is -0.141. The van der Waals surface area contributed by atoms with Crippen LogP contribution in [0.15, 0.2) is 48.3 Å². The normalized spacial score (nSPS) is 17.9. The van der Waals surface area contributed by atoms with Gasteiger partial charge in [0.2, 0.25) is 0 Å².